The number of pyridine rings is 1. The first kappa shape index (κ1) is 19.2. The molecule has 0 unspecified atom stereocenters. The van der Waals surface area contributed by atoms with E-state index in [0.29, 0.717) is 28.5 Å². The van der Waals surface area contributed by atoms with Crippen molar-refractivity contribution in [1.29, 1.82) is 0 Å². The molecule has 0 atom stereocenters. The zero-order valence-corrected chi connectivity index (χ0v) is 15.6. The molecular formula is C18H15F2N9O. The molecule has 0 aliphatic rings. The summed E-state index contributed by atoms with van der Waals surface area (Å²) in [5, 5.41) is 16.1. The average molecular weight is 411 g/mol. The molecular weight excluding hydrogens is 396 g/mol. The number of ether oxygens (including phenoxy) is 1. The van der Waals surface area contributed by atoms with Gasteiger partial charge in [0.05, 0.1) is 11.4 Å². The number of aryl methyl sites for hydroxylation is 1. The number of nitrogen functional groups attached to an aromatic ring is 1. The zero-order chi connectivity index (χ0) is 21.1. The Bertz CT molecular complexity index is 1130. The number of alkyl halides is 2. The molecule has 0 saturated heterocycles. The van der Waals surface area contributed by atoms with Gasteiger partial charge in [-0.25, -0.2) is 23.7 Å². The SMILES string of the molecule is Cc1nnn(-c2ccc(C(F)F)cn2)c1COc1ccc(-c2cnc(N)nc2)nn1. The van der Waals surface area contributed by atoms with Gasteiger partial charge in [-0.05, 0) is 25.1 Å². The van der Waals surface area contributed by atoms with E-state index in [1.807, 2.05) is 0 Å². The summed E-state index contributed by atoms with van der Waals surface area (Å²) in [7, 11) is 0. The standard InChI is InChI=1S/C18H15F2N9O/c1-10-14(29(28-25-10)15-4-2-11(6-22-15)17(19)20)9-30-16-5-3-13(26-27-16)12-7-23-18(21)24-8-12/h2-8,17H,9H2,1H3,(H2,21,23,24). The molecule has 0 bridgehead atoms. The lowest BCUT2D eigenvalue weighted by atomic mass is 10.2. The Morgan fingerprint density at radius 1 is 1.00 bits per heavy atom. The van der Waals surface area contributed by atoms with Gasteiger partial charge in [-0.2, -0.15) is 4.68 Å². The summed E-state index contributed by atoms with van der Waals surface area (Å²) in [6.07, 6.45) is 1.61. The number of aromatic nitrogens is 8. The number of hydrogen-bond donors (Lipinski definition) is 1. The van der Waals surface area contributed by atoms with Crippen LogP contribution < -0.4 is 10.5 Å². The summed E-state index contributed by atoms with van der Waals surface area (Å²) < 4.78 is 32.6. The highest BCUT2D eigenvalue weighted by Crippen LogP contribution is 2.20. The number of hydrogen-bond acceptors (Lipinski definition) is 9. The second kappa shape index (κ2) is 8.11. The quantitative estimate of drug-likeness (QED) is 0.508. The van der Waals surface area contributed by atoms with Crippen LogP contribution in [0.2, 0.25) is 0 Å². The van der Waals surface area contributed by atoms with Gasteiger partial charge in [0.1, 0.15) is 12.3 Å². The lowest BCUT2D eigenvalue weighted by Crippen LogP contribution is -2.09. The highest BCUT2D eigenvalue weighted by Gasteiger charge is 2.15. The van der Waals surface area contributed by atoms with Crippen LogP contribution in [-0.4, -0.2) is 40.1 Å². The fourth-order valence-corrected chi connectivity index (χ4v) is 2.54. The van der Waals surface area contributed by atoms with E-state index in [4.69, 9.17) is 10.5 Å². The lowest BCUT2D eigenvalue weighted by molar-refractivity contribution is 0.151. The molecule has 2 N–H and O–H groups in total. The van der Waals surface area contributed by atoms with E-state index in [2.05, 4.69) is 35.5 Å². The molecule has 0 aromatic carbocycles. The van der Waals surface area contributed by atoms with Crippen LogP contribution in [0.3, 0.4) is 0 Å². The molecule has 4 rings (SSSR count). The summed E-state index contributed by atoms with van der Waals surface area (Å²) in [4.78, 5) is 11.9. The van der Waals surface area contributed by atoms with Crippen molar-refractivity contribution in [2.24, 2.45) is 0 Å². The van der Waals surface area contributed by atoms with Gasteiger partial charge in [0.15, 0.2) is 5.82 Å². The highest BCUT2D eigenvalue weighted by atomic mass is 19.3. The van der Waals surface area contributed by atoms with E-state index < -0.39 is 6.43 Å². The number of nitrogens with zero attached hydrogens (tertiary/aromatic N) is 8. The van der Waals surface area contributed by atoms with E-state index in [1.165, 1.54) is 16.8 Å². The van der Waals surface area contributed by atoms with E-state index >= 15 is 0 Å². The Labute approximate surface area is 168 Å². The van der Waals surface area contributed by atoms with Crippen molar-refractivity contribution in [3.63, 3.8) is 0 Å². The molecule has 4 aromatic heterocycles. The first-order valence-corrected chi connectivity index (χ1v) is 8.71. The molecule has 0 saturated carbocycles. The monoisotopic (exact) mass is 411 g/mol. The van der Waals surface area contributed by atoms with Crippen LogP contribution in [0.15, 0.2) is 42.9 Å². The maximum absolute atomic E-state index is 12.7. The molecule has 4 heterocycles. The van der Waals surface area contributed by atoms with Gasteiger partial charge in [0, 0.05) is 35.8 Å². The summed E-state index contributed by atoms with van der Waals surface area (Å²) in [6, 6.07) is 6.10. The molecule has 152 valence electrons. The predicted octanol–water partition coefficient (Wildman–Crippen LogP) is 2.32. The Kier molecular flexibility index (Phi) is 5.20. The van der Waals surface area contributed by atoms with Crippen LogP contribution in [-0.2, 0) is 6.61 Å². The highest BCUT2D eigenvalue weighted by molar-refractivity contribution is 5.56. The third-order valence-electron chi connectivity index (χ3n) is 4.16. The fraction of sp³-hybridized carbons (Fsp3) is 0.167. The molecule has 0 amide bonds. The third-order valence-corrected chi connectivity index (χ3v) is 4.16. The summed E-state index contributed by atoms with van der Waals surface area (Å²) in [6.45, 7) is 1.84. The maximum atomic E-state index is 12.7. The molecule has 4 aromatic rings. The van der Waals surface area contributed by atoms with Gasteiger partial charge in [-0.3, -0.25) is 0 Å². The number of anilines is 1. The van der Waals surface area contributed by atoms with Gasteiger partial charge in [-0.1, -0.05) is 5.21 Å². The average Bonchev–Trinajstić information content (AvgIpc) is 3.13. The predicted molar refractivity (Wildman–Crippen MR) is 101 cm³/mol. The Morgan fingerprint density at radius 3 is 2.43 bits per heavy atom. The zero-order valence-electron chi connectivity index (χ0n) is 15.6. The van der Waals surface area contributed by atoms with Crippen molar-refractivity contribution in [2.75, 3.05) is 5.73 Å². The van der Waals surface area contributed by atoms with Crippen molar-refractivity contribution in [3.8, 4) is 23.0 Å². The molecule has 0 fully saturated rings. The largest absolute Gasteiger partial charge is 0.470 e. The molecule has 0 spiro atoms. The molecule has 10 nitrogen and oxygen atoms in total. The second-order valence-corrected chi connectivity index (χ2v) is 6.16. The number of halogens is 2. The van der Waals surface area contributed by atoms with Crippen LogP contribution in [0, 0.1) is 6.92 Å². The van der Waals surface area contributed by atoms with Crippen LogP contribution in [0.4, 0.5) is 14.7 Å². The van der Waals surface area contributed by atoms with Crippen molar-refractivity contribution >= 4 is 5.95 Å². The Hall–Kier alpha value is -4.09. The van der Waals surface area contributed by atoms with Crippen molar-refractivity contribution in [2.45, 2.75) is 20.0 Å². The normalized spacial score (nSPS) is 11.1. The van der Waals surface area contributed by atoms with E-state index in [9.17, 15) is 8.78 Å². The summed E-state index contributed by atoms with van der Waals surface area (Å²) in [5.74, 6) is 0.803. The molecule has 12 heteroatoms. The van der Waals surface area contributed by atoms with Gasteiger partial charge < -0.3 is 10.5 Å². The van der Waals surface area contributed by atoms with Gasteiger partial charge in [0.25, 0.3) is 6.43 Å². The molecule has 0 radical (unpaired) electrons. The third kappa shape index (κ3) is 4.01. The smallest absolute Gasteiger partial charge is 0.265 e. The maximum Gasteiger partial charge on any atom is 0.265 e. The van der Waals surface area contributed by atoms with Crippen molar-refractivity contribution in [3.05, 3.63) is 59.8 Å². The number of rotatable bonds is 6. The number of nitrogens with two attached hydrogens (primary N) is 1. The molecule has 0 aliphatic heterocycles. The van der Waals surface area contributed by atoms with Crippen LogP contribution in [0.5, 0.6) is 5.88 Å². The second-order valence-electron chi connectivity index (χ2n) is 6.16. The van der Waals surface area contributed by atoms with Crippen LogP contribution in [0.25, 0.3) is 17.1 Å². The first-order valence-electron chi connectivity index (χ1n) is 8.71. The summed E-state index contributed by atoms with van der Waals surface area (Å²) >= 11 is 0. The van der Waals surface area contributed by atoms with Gasteiger partial charge in [0.2, 0.25) is 11.8 Å². The molecule has 0 aliphatic carbocycles. The van der Waals surface area contributed by atoms with Crippen molar-refractivity contribution in [1.82, 2.24) is 40.1 Å². The van der Waals surface area contributed by atoms with Crippen LogP contribution in [0.1, 0.15) is 23.4 Å². The van der Waals surface area contributed by atoms with Gasteiger partial charge >= 0.3 is 0 Å². The Morgan fingerprint density at radius 2 is 1.80 bits per heavy atom. The minimum Gasteiger partial charge on any atom is -0.470 e. The summed E-state index contributed by atoms with van der Waals surface area (Å²) in [5.41, 5.74) is 7.74. The van der Waals surface area contributed by atoms with E-state index in [0.717, 1.165) is 6.20 Å². The Balaban J connectivity index is 1.49. The fourth-order valence-electron chi connectivity index (χ4n) is 2.54. The van der Waals surface area contributed by atoms with Crippen LogP contribution >= 0.6 is 0 Å². The van der Waals surface area contributed by atoms with E-state index in [1.54, 1.807) is 31.5 Å². The minimum atomic E-state index is -2.59. The molecule has 30 heavy (non-hydrogen) atoms. The van der Waals surface area contributed by atoms with Gasteiger partial charge in [-0.15, -0.1) is 15.3 Å². The van der Waals surface area contributed by atoms with E-state index in [-0.39, 0.29) is 24.0 Å². The van der Waals surface area contributed by atoms with Crippen molar-refractivity contribution < 1.29 is 13.5 Å². The lowest BCUT2D eigenvalue weighted by Gasteiger charge is -2.09. The minimum absolute atomic E-state index is 0.0795. The topological polar surface area (TPSA) is 130 Å². The first-order chi connectivity index (χ1) is 14.5.